The molecule has 13 heteroatoms. The molecule has 0 aliphatic carbocycles. The fourth-order valence-electron chi connectivity index (χ4n) is 4.76. The van der Waals surface area contributed by atoms with E-state index in [9.17, 15) is 28.8 Å². The van der Waals surface area contributed by atoms with Crippen LogP contribution in [-0.2, 0) is 44.7 Å². The Morgan fingerprint density at radius 2 is 1.33 bits per heavy atom. The topological polar surface area (TPSA) is 193 Å². The lowest BCUT2D eigenvalue weighted by molar-refractivity contribution is -0.144. The van der Waals surface area contributed by atoms with Crippen LogP contribution in [0.1, 0.15) is 66.4 Å². The Morgan fingerprint density at radius 1 is 0.822 bits per heavy atom. The standard InChI is InChI=1S/C32H48N4O9/c1-19(2)14-24(28(40)32(6)18-45-32)34-31(43)26(16-44-17-27(38)39)36-30(42)25(15-20(3)4)35-29(41)23(33-21(5)37)13-12-22-10-8-7-9-11-22/h7-11,19-20,23-26H,12-18H2,1-6H3,(H,33,37)(H,34,43)(H,35,41)(H,36,42)(H,38,39)/t23-,24?,25-,26-,32+/m0/s1. The Morgan fingerprint density at radius 3 is 1.87 bits per heavy atom. The normalized spacial score (nSPS) is 18.3. The van der Waals surface area contributed by atoms with Gasteiger partial charge in [0.05, 0.1) is 19.3 Å². The number of carboxylic acids is 1. The number of amides is 4. The van der Waals surface area contributed by atoms with Crippen molar-refractivity contribution in [1.82, 2.24) is 21.3 Å². The summed E-state index contributed by atoms with van der Waals surface area (Å²) in [4.78, 5) is 76.4. The molecule has 4 amide bonds. The van der Waals surface area contributed by atoms with Crippen LogP contribution in [0.15, 0.2) is 30.3 Å². The SMILES string of the molecule is CC(=O)N[C@@H](CCc1ccccc1)C(=O)N[C@@H](CC(C)C)C(=O)N[C@@H](COCC(=O)O)C(=O)NC(CC(C)C)C(=O)[C@@]1(C)CO1. The van der Waals surface area contributed by atoms with E-state index in [1.165, 1.54) is 6.92 Å². The van der Waals surface area contributed by atoms with Gasteiger partial charge in [-0.3, -0.25) is 24.0 Å². The van der Waals surface area contributed by atoms with Gasteiger partial charge in [0, 0.05) is 6.92 Å². The molecule has 1 saturated heterocycles. The minimum absolute atomic E-state index is 0.0435. The minimum atomic E-state index is -1.37. The summed E-state index contributed by atoms with van der Waals surface area (Å²) >= 11 is 0. The van der Waals surface area contributed by atoms with Crippen molar-refractivity contribution in [3.8, 4) is 0 Å². The van der Waals surface area contributed by atoms with Crippen LogP contribution in [0.25, 0.3) is 0 Å². The van der Waals surface area contributed by atoms with Crippen LogP contribution in [0.4, 0.5) is 0 Å². The highest BCUT2D eigenvalue weighted by molar-refractivity contribution is 5.98. The highest BCUT2D eigenvalue weighted by atomic mass is 16.6. The number of carbonyl (C=O) groups is 6. The van der Waals surface area contributed by atoms with Crippen molar-refractivity contribution in [2.45, 2.75) is 97.0 Å². The smallest absolute Gasteiger partial charge is 0.329 e. The number of hydrogen-bond acceptors (Lipinski definition) is 8. The van der Waals surface area contributed by atoms with Crippen LogP contribution in [0.5, 0.6) is 0 Å². The van der Waals surface area contributed by atoms with E-state index in [1.54, 1.807) is 6.92 Å². The van der Waals surface area contributed by atoms with E-state index in [0.29, 0.717) is 12.8 Å². The monoisotopic (exact) mass is 632 g/mol. The van der Waals surface area contributed by atoms with Crippen molar-refractivity contribution in [3.63, 3.8) is 0 Å². The third-order valence-corrected chi connectivity index (χ3v) is 7.18. The van der Waals surface area contributed by atoms with Crippen LogP contribution in [0.3, 0.4) is 0 Å². The molecule has 1 aromatic rings. The van der Waals surface area contributed by atoms with E-state index in [4.69, 9.17) is 14.6 Å². The first kappa shape index (κ1) is 37.3. The van der Waals surface area contributed by atoms with Crippen LogP contribution in [0, 0.1) is 11.8 Å². The van der Waals surface area contributed by atoms with E-state index in [2.05, 4.69) is 21.3 Å². The van der Waals surface area contributed by atoms with Gasteiger partial charge >= 0.3 is 5.97 Å². The molecule has 1 fully saturated rings. The average Bonchev–Trinajstić information content (AvgIpc) is 3.71. The third kappa shape index (κ3) is 13.4. The van der Waals surface area contributed by atoms with Gasteiger partial charge in [0.1, 0.15) is 30.3 Å². The number of epoxide rings is 1. The van der Waals surface area contributed by atoms with Gasteiger partial charge in [-0.05, 0) is 50.0 Å². The number of aryl methyl sites for hydroxylation is 1. The summed E-state index contributed by atoms with van der Waals surface area (Å²) in [5.41, 5.74) is -0.0213. The third-order valence-electron chi connectivity index (χ3n) is 7.18. The number of Topliss-reactive ketones (excluding diaryl/α,β-unsaturated/α-hetero) is 1. The Kier molecular flexibility index (Phi) is 14.6. The number of carboxylic acid groups (broad SMARTS) is 1. The maximum atomic E-state index is 13.6. The quantitative estimate of drug-likeness (QED) is 0.131. The molecule has 2 rings (SSSR count). The molecule has 1 aromatic carbocycles. The van der Waals surface area contributed by atoms with Crippen LogP contribution in [0.2, 0.25) is 0 Å². The fourth-order valence-corrected chi connectivity index (χ4v) is 4.76. The summed E-state index contributed by atoms with van der Waals surface area (Å²) in [6, 6.07) is 5.16. The first-order valence-electron chi connectivity index (χ1n) is 15.3. The second-order valence-corrected chi connectivity index (χ2v) is 12.5. The van der Waals surface area contributed by atoms with Crippen molar-refractivity contribution in [1.29, 1.82) is 0 Å². The first-order chi connectivity index (χ1) is 21.1. The van der Waals surface area contributed by atoms with Crippen molar-refractivity contribution in [2.75, 3.05) is 19.8 Å². The molecule has 1 aliphatic heterocycles. The van der Waals surface area contributed by atoms with Crippen LogP contribution < -0.4 is 21.3 Å². The summed E-state index contributed by atoms with van der Waals surface area (Å²) in [6.45, 7) is 9.47. The molecule has 0 aromatic heterocycles. The summed E-state index contributed by atoms with van der Waals surface area (Å²) in [7, 11) is 0. The first-order valence-corrected chi connectivity index (χ1v) is 15.3. The van der Waals surface area contributed by atoms with Gasteiger partial charge in [0.15, 0.2) is 5.78 Å². The molecule has 13 nitrogen and oxygen atoms in total. The second kappa shape index (κ2) is 17.6. The van der Waals surface area contributed by atoms with E-state index >= 15 is 0 Å². The second-order valence-electron chi connectivity index (χ2n) is 12.5. The van der Waals surface area contributed by atoms with Gasteiger partial charge in [0.25, 0.3) is 0 Å². The molecule has 0 bridgehead atoms. The van der Waals surface area contributed by atoms with E-state index < -0.39 is 72.6 Å². The van der Waals surface area contributed by atoms with Gasteiger partial charge in [-0.15, -0.1) is 0 Å². The lowest BCUT2D eigenvalue weighted by Crippen LogP contribution is -2.59. The highest BCUT2D eigenvalue weighted by Crippen LogP contribution is 2.29. The summed E-state index contributed by atoms with van der Waals surface area (Å²) in [5.74, 6) is -3.99. The van der Waals surface area contributed by atoms with Gasteiger partial charge in [0.2, 0.25) is 23.6 Å². The fraction of sp³-hybridized carbons (Fsp3) is 0.625. The Labute approximate surface area is 264 Å². The zero-order valence-electron chi connectivity index (χ0n) is 27.0. The van der Waals surface area contributed by atoms with E-state index in [-0.39, 0.29) is 37.1 Å². The summed E-state index contributed by atoms with van der Waals surface area (Å²) in [6.07, 6.45) is 1.31. The molecule has 45 heavy (non-hydrogen) atoms. The molecular weight excluding hydrogens is 584 g/mol. The number of carbonyl (C=O) groups excluding carboxylic acids is 5. The summed E-state index contributed by atoms with van der Waals surface area (Å²) < 4.78 is 10.4. The lowest BCUT2D eigenvalue weighted by atomic mass is 9.93. The number of benzene rings is 1. The Bertz CT molecular complexity index is 1180. The molecule has 5 atom stereocenters. The lowest BCUT2D eigenvalue weighted by Gasteiger charge is -2.27. The number of aliphatic carboxylic acids is 1. The minimum Gasteiger partial charge on any atom is -0.480 e. The molecule has 1 aliphatic rings. The van der Waals surface area contributed by atoms with Crippen molar-refractivity contribution in [2.24, 2.45) is 11.8 Å². The van der Waals surface area contributed by atoms with Gasteiger partial charge in [-0.2, -0.15) is 0 Å². The predicted octanol–water partition coefficient (Wildman–Crippen LogP) is 1.13. The highest BCUT2D eigenvalue weighted by Gasteiger charge is 2.50. The molecule has 0 spiro atoms. The number of ketones is 1. The summed E-state index contributed by atoms with van der Waals surface area (Å²) in [5, 5.41) is 19.7. The van der Waals surface area contributed by atoms with Crippen molar-refractivity contribution in [3.05, 3.63) is 35.9 Å². The molecule has 0 saturated carbocycles. The number of nitrogens with one attached hydrogen (secondary N) is 4. The zero-order valence-corrected chi connectivity index (χ0v) is 27.0. The molecule has 0 radical (unpaired) electrons. The predicted molar refractivity (Wildman–Crippen MR) is 165 cm³/mol. The van der Waals surface area contributed by atoms with Gasteiger partial charge < -0.3 is 35.8 Å². The van der Waals surface area contributed by atoms with Crippen molar-refractivity contribution >= 4 is 35.4 Å². The molecular formula is C32H48N4O9. The van der Waals surface area contributed by atoms with Crippen LogP contribution in [-0.4, -0.2) is 90.1 Å². The maximum absolute atomic E-state index is 13.6. The van der Waals surface area contributed by atoms with Crippen molar-refractivity contribution < 1.29 is 43.3 Å². The number of ether oxygens (including phenoxy) is 2. The van der Waals surface area contributed by atoms with Gasteiger partial charge in [-0.25, -0.2) is 4.79 Å². The average molecular weight is 633 g/mol. The van der Waals surface area contributed by atoms with Crippen LogP contribution >= 0.6 is 0 Å². The van der Waals surface area contributed by atoms with Gasteiger partial charge in [-0.1, -0.05) is 58.0 Å². The maximum Gasteiger partial charge on any atom is 0.329 e. The Balaban J connectivity index is 2.22. The van der Waals surface area contributed by atoms with E-state index in [0.717, 1.165) is 5.56 Å². The zero-order chi connectivity index (χ0) is 33.7. The number of hydrogen-bond donors (Lipinski definition) is 5. The van der Waals surface area contributed by atoms with E-state index in [1.807, 2.05) is 58.0 Å². The molecule has 250 valence electrons. The largest absolute Gasteiger partial charge is 0.480 e. The number of rotatable bonds is 20. The molecule has 5 N–H and O–H groups in total. The Hall–Kier alpha value is -3.84. The molecule has 1 unspecified atom stereocenters. The molecule has 1 heterocycles.